The first-order valence-corrected chi connectivity index (χ1v) is 10.1. The van der Waals surface area contributed by atoms with Crippen LogP contribution in [0, 0.1) is 40.9 Å². The molecule has 23 heavy (non-hydrogen) atoms. The lowest BCUT2D eigenvalue weighted by molar-refractivity contribution is -0.140. The highest BCUT2D eigenvalue weighted by Gasteiger charge is 2.58. The second-order valence-corrected chi connectivity index (χ2v) is 9.76. The summed E-state index contributed by atoms with van der Waals surface area (Å²) in [6, 6.07) is 0. The second kappa shape index (κ2) is 5.31. The van der Waals surface area contributed by atoms with Gasteiger partial charge in [0.25, 0.3) is 0 Å². The first-order valence-electron chi connectivity index (χ1n) is 10.1. The van der Waals surface area contributed by atoms with E-state index in [2.05, 4.69) is 20.8 Å². The van der Waals surface area contributed by atoms with E-state index >= 15 is 0 Å². The normalized spacial score (nSPS) is 55.9. The van der Waals surface area contributed by atoms with Gasteiger partial charge in [-0.25, -0.2) is 0 Å². The minimum absolute atomic E-state index is 0.0122. The van der Waals surface area contributed by atoms with Crippen LogP contribution < -0.4 is 0 Å². The Kier molecular flexibility index (Phi) is 3.72. The van der Waals surface area contributed by atoms with E-state index in [0.29, 0.717) is 17.6 Å². The van der Waals surface area contributed by atoms with Gasteiger partial charge in [-0.15, -0.1) is 0 Å². The predicted octanol–water partition coefficient (Wildman–Crippen LogP) is 4.60. The van der Waals surface area contributed by atoms with Gasteiger partial charge in [-0.05, 0) is 87.4 Å². The smallest absolute Gasteiger partial charge is 0.139 e. The number of hydrogen-bond donors (Lipinski definition) is 1. The van der Waals surface area contributed by atoms with E-state index in [1.165, 1.54) is 25.7 Å². The number of Topliss-reactive ketones (excluding diaryl/α,β-unsaturated/α-hetero) is 1. The molecule has 4 saturated carbocycles. The van der Waals surface area contributed by atoms with E-state index < -0.39 is 5.60 Å². The third-order valence-electron chi connectivity index (χ3n) is 8.83. The third-order valence-corrected chi connectivity index (χ3v) is 8.83. The number of ketones is 1. The minimum Gasteiger partial charge on any atom is -0.390 e. The lowest BCUT2D eigenvalue weighted by Crippen LogP contribution is -2.53. The molecule has 4 aliphatic carbocycles. The largest absolute Gasteiger partial charge is 0.390 e. The fourth-order valence-electron chi connectivity index (χ4n) is 7.51. The zero-order chi connectivity index (χ0) is 16.4. The number of carbonyl (C=O) groups excluding carboxylic acids is 1. The predicted molar refractivity (Wildman–Crippen MR) is 91.9 cm³/mol. The average Bonchev–Trinajstić information content (AvgIpc) is 2.81. The van der Waals surface area contributed by atoms with Crippen molar-refractivity contribution < 1.29 is 9.90 Å². The first kappa shape index (κ1) is 16.1. The summed E-state index contributed by atoms with van der Waals surface area (Å²) >= 11 is 0. The molecule has 4 fully saturated rings. The molecule has 1 N–H and O–H groups in total. The number of hydrogen-bond acceptors (Lipinski definition) is 2. The van der Waals surface area contributed by atoms with Gasteiger partial charge in [0.2, 0.25) is 0 Å². The SMILES string of the molecule is CC[C@H]1C[C@H]2[C@H](CC[C@@H]3[C@@H]2CC[C@]2(C)C(=O)CC[C@@H]32)C[C@]1(C)O. The van der Waals surface area contributed by atoms with Crippen molar-refractivity contribution in [3.05, 3.63) is 0 Å². The molecule has 0 saturated heterocycles. The Morgan fingerprint density at radius 3 is 2.61 bits per heavy atom. The fourth-order valence-corrected chi connectivity index (χ4v) is 7.51. The van der Waals surface area contributed by atoms with Crippen LogP contribution in [-0.4, -0.2) is 16.5 Å². The van der Waals surface area contributed by atoms with Crippen LogP contribution in [0.5, 0.6) is 0 Å². The van der Waals surface area contributed by atoms with Crippen LogP contribution in [0.25, 0.3) is 0 Å². The maximum Gasteiger partial charge on any atom is 0.139 e. The molecule has 130 valence electrons. The second-order valence-electron chi connectivity index (χ2n) is 9.76. The summed E-state index contributed by atoms with van der Waals surface area (Å²) in [6.45, 7) is 6.60. The van der Waals surface area contributed by atoms with Crippen LogP contribution in [0.4, 0.5) is 0 Å². The molecule has 0 heterocycles. The van der Waals surface area contributed by atoms with Crippen LogP contribution in [0.3, 0.4) is 0 Å². The van der Waals surface area contributed by atoms with Crippen molar-refractivity contribution in [3.8, 4) is 0 Å². The minimum atomic E-state index is -0.449. The molecule has 0 aromatic heterocycles. The Hall–Kier alpha value is -0.370. The van der Waals surface area contributed by atoms with Crippen molar-refractivity contribution in [2.24, 2.45) is 40.9 Å². The fraction of sp³-hybridized carbons (Fsp3) is 0.952. The van der Waals surface area contributed by atoms with Crippen LogP contribution in [0.15, 0.2) is 0 Å². The Bertz CT molecular complexity index is 496. The molecule has 4 rings (SSSR count). The van der Waals surface area contributed by atoms with E-state index in [4.69, 9.17) is 0 Å². The van der Waals surface area contributed by atoms with Gasteiger partial charge in [-0.2, -0.15) is 0 Å². The molecule has 0 aliphatic heterocycles. The molecule has 0 aromatic rings. The Morgan fingerprint density at radius 1 is 1.09 bits per heavy atom. The van der Waals surface area contributed by atoms with E-state index in [-0.39, 0.29) is 5.41 Å². The zero-order valence-corrected chi connectivity index (χ0v) is 15.2. The number of aliphatic hydroxyl groups is 1. The monoisotopic (exact) mass is 318 g/mol. The molecule has 4 aliphatic rings. The lowest BCUT2D eigenvalue weighted by Gasteiger charge is -2.57. The molecule has 0 bridgehead atoms. The molecule has 0 unspecified atom stereocenters. The summed E-state index contributed by atoms with van der Waals surface area (Å²) in [6.07, 6.45) is 10.3. The Morgan fingerprint density at radius 2 is 1.87 bits per heavy atom. The molecule has 2 nitrogen and oxygen atoms in total. The summed E-state index contributed by atoms with van der Waals surface area (Å²) < 4.78 is 0. The van der Waals surface area contributed by atoms with Crippen LogP contribution >= 0.6 is 0 Å². The number of carbonyl (C=O) groups is 1. The summed E-state index contributed by atoms with van der Waals surface area (Å²) in [7, 11) is 0. The van der Waals surface area contributed by atoms with Crippen molar-refractivity contribution >= 4 is 5.78 Å². The molecule has 8 atom stereocenters. The Balaban J connectivity index is 1.58. The van der Waals surface area contributed by atoms with Gasteiger partial charge in [0.15, 0.2) is 0 Å². The van der Waals surface area contributed by atoms with E-state index in [1.54, 1.807) is 0 Å². The topological polar surface area (TPSA) is 37.3 Å². The van der Waals surface area contributed by atoms with Gasteiger partial charge in [-0.1, -0.05) is 20.3 Å². The third kappa shape index (κ3) is 2.27. The average molecular weight is 319 g/mol. The van der Waals surface area contributed by atoms with Gasteiger partial charge in [-0.3, -0.25) is 4.79 Å². The highest BCUT2D eigenvalue weighted by molar-refractivity contribution is 5.87. The molecule has 2 heteroatoms. The van der Waals surface area contributed by atoms with E-state index in [9.17, 15) is 9.90 Å². The van der Waals surface area contributed by atoms with Gasteiger partial charge in [0, 0.05) is 11.8 Å². The Labute approximate surface area is 141 Å². The highest BCUT2D eigenvalue weighted by atomic mass is 16.3. The van der Waals surface area contributed by atoms with E-state index in [0.717, 1.165) is 55.8 Å². The van der Waals surface area contributed by atoms with Gasteiger partial charge < -0.3 is 5.11 Å². The summed E-state index contributed by atoms with van der Waals surface area (Å²) in [5, 5.41) is 10.9. The summed E-state index contributed by atoms with van der Waals surface area (Å²) in [5.74, 6) is 4.87. The molecular formula is C21H34O2. The highest BCUT2D eigenvalue weighted by Crippen LogP contribution is 2.62. The maximum absolute atomic E-state index is 12.4. The number of fused-ring (bicyclic) bond motifs is 5. The molecular weight excluding hydrogens is 284 g/mol. The first-order chi connectivity index (χ1) is 10.9. The van der Waals surface area contributed by atoms with Gasteiger partial charge in [0.1, 0.15) is 5.78 Å². The van der Waals surface area contributed by atoms with Gasteiger partial charge >= 0.3 is 0 Å². The quantitative estimate of drug-likeness (QED) is 0.767. The van der Waals surface area contributed by atoms with Crippen molar-refractivity contribution in [2.45, 2.75) is 84.2 Å². The van der Waals surface area contributed by atoms with Crippen molar-refractivity contribution in [1.29, 1.82) is 0 Å². The van der Waals surface area contributed by atoms with E-state index in [1.807, 2.05) is 0 Å². The maximum atomic E-state index is 12.4. The summed E-state index contributed by atoms with van der Waals surface area (Å²) in [5.41, 5.74) is -0.437. The molecule has 0 aromatic carbocycles. The van der Waals surface area contributed by atoms with Crippen LogP contribution in [0.2, 0.25) is 0 Å². The van der Waals surface area contributed by atoms with Crippen molar-refractivity contribution in [3.63, 3.8) is 0 Å². The summed E-state index contributed by atoms with van der Waals surface area (Å²) in [4.78, 5) is 12.4. The van der Waals surface area contributed by atoms with Crippen molar-refractivity contribution in [1.82, 2.24) is 0 Å². The van der Waals surface area contributed by atoms with Crippen LogP contribution in [0.1, 0.15) is 78.6 Å². The van der Waals surface area contributed by atoms with Crippen molar-refractivity contribution in [2.75, 3.05) is 0 Å². The lowest BCUT2D eigenvalue weighted by atomic mass is 9.48. The molecule has 0 radical (unpaired) electrons. The molecule has 0 spiro atoms. The van der Waals surface area contributed by atoms with Gasteiger partial charge in [0.05, 0.1) is 5.60 Å². The number of rotatable bonds is 1. The molecule has 0 amide bonds. The van der Waals surface area contributed by atoms with Crippen LogP contribution in [-0.2, 0) is 4.79 Å². The zero-order valence-electron chi connectivity index (χ0n) is 15.2. The standard InChI is InChI=1S/C21H34O2/c1-4-14-11-17-13(12-21(14,3)23)5-6-16-15(17)9-10-20(2)18(16)7-8-19(20)22/h13-18,23H,4-12H2,1-3H3/t13-,14+,15+,16-,17+,18+,20+,21+/m1/s1.